The van der Waals surface area contributed by atoms with Gasteiger partial charge >= 0.3 is 0 Å². The lowest BCUT2D eigenvalue weighted by atomic mass is 9.72. The molecule has 1 aliphatic rings. The van der Waals surface area contributed by atoms with E-state index in [2.05, 4.69) is 32.6 Å². The summed E-state index contributed by atoms with van der Waals surface area (Å²) in [6.07, 6.45) is 16.2. The first kappa shape index (κ1) is 26.6. The van der Waals surface area contributed by atoms with Crippen LogP contribution >= 0.6 is 0 Å². The summed E-state index contributed by atoms with van der Waals surface area (Å²) in [5, 5.41) is 19.3. The van der Waals surface area contributed by atoms with Gasteiger partial charge in [0.05, 0.1) is 0 Å². The third kappa shape index (κ3) is 7.74. The number of carbonyl (C=O) groups is 1. The minimum absolute atomic E-state index is 0.0408. The number of nitrogens with zero attached hydrogens (tertiary/aromatic N) is 2. The second-order valence-electron chi connectivity index (χ2n) is 11.3. The van der Waals surface area contributed by atoms with Crippen LogP contribution in [0.1, 0.15) is 118 Å². The molecule has 5 heteroatoms. The van der Waals surface area contributed by atoms with E-state index in [1.807, 2.05) is 0 Å². The monoisotopic (exact) mass is 448 g/mol. The molecule has 0 aromatic carbocycles. The molecule has 0 unspecified atom stereocenters. The van der Waals surface area contributed by atoms with Crippen molar-refractivity contribution in [1.82, 2.24) is 9.47 Å². The van der Waals surface area contributed by atoms with Crippen LogP contribution in [0.4, 0.5) is 0 Å². The van der Waals surface area contributed by atoms with Crippen LogP contribution in [-0.4, -0.2) is 36.7 Å². The highest BCUT2D eigenvalue weighted by Gasteiger charge is 2.46. The van der Waals surface area contributed by atoms with Crippen LogP contribution in [0.15, 0.2) is 12.1 Å². The van der Waals surface area contributed by atoms with Crippen molar-refractivity contribution in [3.8, 4) is 11.8 Å². The zero-order chi connectivity index (χ0) is 23.8. The van der Waals surface area contributed by atoms with Gasteiger partial charge in [-0.05, 0) is 52.9 Å². The van der Waals surface area contributed by atoms with E-state index in [0.29, 0.717) is 6.54 Å². The second kappa shape index (κ2) is 12.0. The summed E-state index contributed by atoms with van der Waals surface area (Å²) in [5.74, 6) is 1.23. The number of hydrogen-bond donors (Lipinski definition) is 2. The second-order valence-corrected chi connectivity index (χ2v) is 11.3. The third-order valence-electron chi connectivity index (χ3n) is 7.28. The smallest absolute Gasteiger partial charge is 0.220 e. The highest BCUT2D eigenvalue weighted by atomic mass is 16.3. The van der Waals surface area contributed by atoms with Gasteiger partial charge in [-0.2, -0.15) is 0 Å². The van der Waals surface area contributed by atoms with E-state index in [0.717, 1.165) is 31.6 Å². The first-order valence-electron chi connectivity index (χ1n) is 12.9. The van der Waals surface area contributed by atoms with Crippen molar-refractivity contribution < 1.29 is 15.0 Å². The number of piperidine rings is 1. The number of aromatic hydroxyl groups is 2. The molecule has 184 valence electrons. The average molecular weight is 449 g/mol. The van der Waals surface area contributed by atoms with Gasteiger partial charge in [0.2, 0.25) is 5.91 Å². The molecule has 0 bridgehead atoms. The molecule has 2 rings (SSSR count). The number of likely N-dealkylation sites (tertiary alicyclic amines) is 1. The summed E-state index contributed by atoms with van der Waals surface area (Å²) in [6.45, 7) is 11.3. The van der Waals surface area contributed by atoms with E-state index in [-0.39, 0.29) is 28.7 Å². The molecular weight excluding hydrogens is 400 g/mol. The van der Waals surface area contributed by atoms with E-state index < -0.39 is 0 Å². The number of unbranched alkanes of at least 4 members (excludes halogenated alkanes) is 9. The lowest BCUT2D eigenvalue weighted by Crippen LogP contribution is -2.62. The van der Waals surface area contributed by atoms with Gasteiger partial charge in [-0.25, -0.2) is 0 Å². The van der Waals surface area contributed by atoms with Gasteiger partial charge < -0.3 is 15.1 Å². The number of amides is 1. The molecule has 1 aliphatic heterocycles. The first-order valence-corrected chi connectivity index (χ1v) is 12.9. The summed E-state index contributed by atoms with van der Waals surface area (Å²) in [7, 11) is 0. The van der Waals surface area contributed by atoms with E-state index in [1.54, 1.807) is 11.5 Å². The molecule has 0 radical (unpaired) electrons. The highest BCUT2D eigenvalue weighted by molar-refractivity contribution is 5.75. The highest BCUT2D eigenvalue weighted by Crippen LogP contribution is 2.43. The van der Waals surface area contributed by atoms with Gasteiger partial charge in [-0.3, -0.25) is 9.36 Å². The summed E-state index contributed by atoms with van der Waals surface area (Å²) in [6, 6.07) is 3.07. The third-order valence-corrected chi connectivity index (χ3v) is 7.28. The molecule has 5 nitrogen and oxygen atoms in total. The predicted molar refractivity (Wildman–Crippen MR) is 132 cm³/mol. The van der Waals surface area contributed by atoms with Crippen molar-refractivity contribution in [2.75, 3.05) is 0 Å². The zero-order valence-electron chi connectivity index (χ0n) is 21.3. The van der Waals surface area contributed by atoms with Crippen molar-refractivity contribution in [1.29, 1.82) is 0 Å². The minimum Gasteiger partial charge on any atom is -0.494 e. The molecule has 1 amide bonds. The number of aromatic nitrogens is 1. The standard InChI is InChI=1S/C27H48N2O3/c1-22(30)29-26(2,3)20-23(21-27(29,4)5)16-14-12-10-8-6-7-9-11-13-15-19-28-24(31)17-18-25(28)32/h17-18,23,31-32H,6-16,19-21H2,1-5H3. The van der Waals surface area contributed by atoms with Crippen LogP contribution in [-0.2, 0) is 11.3 Å². The molecule has 0 spiro atoms. The van der Waals surface area contributed by atoms with Crippen LogP contribution in [0.2, 0.25) is 0 Å². The zero-order valence-corrected chi connectivity index (χ0v) is 21.3. The molecule has 0 saturated carbocycles. The fourth-order valence-corrected chi connectivity index (χ4v) is 6.34. The van der Waals surface area contributed by atoms with Crippen LogP contribution in [0.5, 0.6) is 11.8 Å². The molecular formula is C27H48N2O3. The molecule has 1 aromatic rings. The van der Waals surface area contributed by atoms with Crippen LogP contribution in [0.3, 0.4) is 0 Å². The van der Waals surface area contributed by atoms with Crippen molar-refractivity contribution in [3.05, 3.63) is 12.1 Å². The quantitative estimate of drug-likeness (QED) is 0.319. The van der Waals surface area contributed by atoms with Crippen LogP contribution in [0.25, 0.3) is 0 Å². The molecule has 1 fully saturated rings. The topological polar surface area (TPSA) is 65.7 Å². The SMILES string of the molecule is CC(=O)N1C(C)(C)CC(CCCCCCCCCCCCn2c(O)ccc2O)CC1(C)C. The maximum absolute atomic E-state index is 12.2. The van der Waals surface area contributed by atoms with Crippen molar-refractivity contribution in [2.24, 2.45) is 5.92 Å². The maximum atomic E-state index is 12.2. The van der Waals surface area contributed by atoms with Gasteiger partial charge in [0.1, 0.15) is 0 Å². The number of rotatable bonds is 13. The van der Waals surface area contributed by atoms with Crippen LogP contribution in [0, 0.1) is 5.92 Å². The number of carbonyl (C=O) groups excluding carboxylic acids is 1. The normalized spacial score (nSPS) is 18.2. The lowest BCUT2D eigenvalue weighted by Gasteiger charge is -2.55. The van der Waals surface area contributed by atoms with Crippen molar-refractivity contribution >= 4 is 5.91 Å². The van der Waals surface area contributed by atoms with Gasteiger partial charge in [0.15, 0.2) is 11.8 Å². The molecule has 0 atom stereocenters. The van der Waals surface area contributed by atoms with E-state index in [1.165, 1.54) is 69.9 Å². The van der Waals surface area contributed by atoms with E-state index in [4.69, 9.17) is 0 Å². The van der Waals surface area contributed by atoms with Crippen LogP contribution < -0.4 is 0 Å². The fraction of sp³-hybridized carbons (Fsp3) is 0.815. The first-order chi connectivity index (χ1) is 15.0. The van der Waals surface area contributed by atoms with Gasteiger partial charge in [-0.15, -0.1) is 0 Å². The van der Waals surface area contributed by atoms with E-state index in [9.17, 15) is 15.0 Å². The largest absolute Gasteiger partial charge is 0.494 e. The summed E-state index contributed by atoms with van der Waals surface area (Å²) >= 11 is 0. The Hall–Kier alpha value is -1.65. The Morgan fingerprint density at radius 2 is 1.22 bits per heavy atom. The summed E-state index contributed by atoms with van der Waals surface area (Å²) in [4.78, 5) is 14.3. The van der Waals surface area contributed by atoms with Gasteiger partial charge in [0.25, 0.3) is 0 Å². The maximum Gasteiger partial charge on any atom is 0.220 e. The van der Waals surface area contributed by atoms with Crippen molar-refractivity contribution in [2.45, 2.75) is 136 Å². The number of hydrogen-bond acceptors (Lipinski definition) is 3. The fourth-order valence-electron chi connectivity index (χ4n) is 6.34. The Labute approximate surface area is 196 Å². The molecule has 1 saturated heterocycles. The Morgan fingerprint density at radius 3 is 1.66 bits per heavy atom. The average Bonchev–Trinajstić information content (AvgIpc) is 2.98. The van der Waals surface area contributed by atoms with E-state index >= 15 is 0 Å². The summed E-state index contributed by atoms with van der Waals surface area (Å²) in [5.41, 5.74) is -0.0816. The lowest BCUT2D eigenvalue weighted by molar-refractivity contribution is -0.149. The van der Waals surface area contributed by atoms with Gasteiger partial charge in [0, 0.05) is 36.7 Å². The Kier molecular flexibility index (Phi) is 9.97. The van der Waals surface area contributed by atoms with Gasteiger partial charge in [-0.1, -0.05) is 64.2 Å². The Balaban J connectivity index is 1.47. The molecule has 1 aromatic heterocycles. The van der Waals surface area contributed by atoms with Crippen molar-refractivity contribution in [3.63, 3.8) is 0 Å². The molecule has 2 heterocycles. The predicted octanol–water partition coefficient (Wildman–Crippen LogP) is 7.01. The molecule has 32 heavy (non-hydrogen) atoms. The molecule has 2 N–H and O–H groups in total. The minimum atomic E-state index is -0.0408. The Bertz CT molecular complexity index is 670. The summed E-state index contributed by atoms with van der Waals surface area (Å²) < 4.78 is 1.56. The molecule has 0 aliphatic carbocycles. The Morgan fingerprint density at radius 1 is 0.812 bits per heavy atom.